The Hall–Kier alpha value is -1.62. The molecule has 1 aromatic carbocycles. The normalized spacial score (nSPS) is 10.3. The summed E-state index contributed by atoms with van der Waals surface area (Å²) < 4.78 is 1.02. The van der Waals surface area contributed by atoms with E-state index in [0.717, 1.165) is 10.0 Å². The van der Waals surface area contributed by atoms with E-state index < -0.39 is 0 Å². The number of nitrogens with two attached hydrogens (primary N) is 1. The highest BCUT2D eigenvalue weighted by atomic mass is 79.9. The molecule has 0 radical (unpaired) electrons. The topological polar surface area (TPSA) is 71.8 Å². The minimum atomic E-state index is -0.290. The lowest BCUT2D eigenvalue weighted by molar-refractivity contribution is 0.949. The fourth-order valence-corrected chi connectivity index (χ4v) is 1.59. The van der Waals surface area contributed by atoms with Crippen LogP contribution in [-0.4, -0.2) is 9.97 Å². The van der Waals surface area contributed by atoms with E-state index in [1.807, 2.05) is 24.3 Å². The molecule has 0 amide bonds. The molecule has 4 nitrogen and oxygen atoms in total. The molecule has 0 aliphatic carbocycles. The number of nitrogens with one attached hydrogen (secondary N) is 1. The summed E-state index contributed by atoms with van der Waals surface area (Å²) in [5, 5.41) is 0. The van der Waals surface area contributed by atoms with E-state index in [2.05, 4.69) is 25.9 Å². The first kappa shape index (κ1) is 10.9. The van der Waals surface area contributed by atoms with Crippen molar-refractivity contribution in [3.63, 3.8) is 0 Å². The van der Waals surface area contributed by atoms with Gasteiger partial charge in [0.15, 0.2) is 0 Å². The van der Waals surface area contributed by atoms with E-state index in [-0.39, 0.29) is 11.2 Å². The quantitative estimate of drug-likeness (QED) is 0.879. The van der Waals surface area contributed by atoms with Crippen LogP contribution in [0.25, 0.3) is 0 Å². The molecule has 0 aliphatic heterocycles. The zero-order chi connectivity index (χ0) is 11.5. The van der Waals surface area contributed by atoms with Gasteiger partial charge in [0.05, 0.1) is 6.20 Å². The van der Waals surface area contributed by atoms with Crippen LogP contribution in [0, 0.1) is 0 Å². The molecule has 1 heterocycles. The zero-order valence-electron chi connectivity index (χ0n) is 8.40. The molecule has 3 N–H and O–H groups in total. The minimum Gasteiger partial charge on any atom is -0.393 e. The highest BCUT2D eigenvalue weighted by molar-refractivity contribution is 9.10. The average Bonchev–Trinajstić information content (AvgIpc) is 2.27. The molecule has 16 heavy (non-hydrogen) atoms. The van der Waals surface area contributed by atoms with Crippen molar-refractivity contribution in [3.05, 3.63) is 56.7 Å². The summed E-state index contributed by atoms with van der Waals surface area (Å²) in [5.74, 6) is 0.613. The number of hydrogen-bond donors (Lipinski definition) is 2. The molecule has 0 bridgehead atoms. The van der Waals surface area contributed by atoms with Crippen molar-refractivity contribution in [2.45, 2.75) is 6.42 Å². The molecule has 2 rings (SSSR count). The number of aromatic amines is 1. The molecule has 0 spiro atoms. The fraction of sp³-hybridized carbons (Fsp3) is 0.0909. The van der Waals surface area contributed by atoms with E-state index in [1.165, 1.54) is 6.20 Å². The van der Waals surface area contributed by atoms with Crippen LogP contribution in [0.3, 0.4) is 0 Å². The van der Waals surface area contributed by atoms with Crippen molar-refractivity contribution in [1.29, 1.82) is 0 Å². The van der Waals surface area contributed by atoms with E-state index in [0.29, 0.717) is 12.2 Å². The van der Waals surface area contributed by atoms with Gasteiger partial charge in [-0.05, 0) is 17.7 Å². The highest BCUT2D eigenvalue weighted by Gasteiger charge is 2.00. The van der Waals surface area contributed by atoms with Gasteiger partial charge in [-0.15, -0.1) is 0 Å². The first-order valence-electron chi connectivity index (χ1n) is 4.73. The first-order chi connectivity index (χ1) is 7.65. The monoisotopic (exact) mass is 279 g/mol. The van der Waals surface area contributed by atoms with E-state index in [4.69, 9.17) is 5.73 Å². The second-order valence-corrected chi connectivity index (χ2v) is 4.33. The Morgan fingerprint density at radius 3 is 2.62 bits per heavy atom. The van der Waals surface area contributed by atoms with E-state index >= 15 is 0 Å². The first-order valence-corrected chi connectivity index (χ1v) is 5.52. The second kappa shape index (κ2) is 4.49. The van der Waals surface area contributed by atoms with Gasteiger partial charge in [0.25, 0.3) is 5.56 Å². The van der Waals surface area contributed by atoms with Crippen LogP contribution in [0.4, 0.5) is 5.69 Å². The molecule has 5 heteroatoms. The number of aromatic nitrogens is 2. The number of halogens is 1. The van der Waals surface area contributed by atoms with Crippen molar-refractivity contribution in [2.75, 3.05) is 5.73 Å². The molecule has 0 saturated carbocycles. The Balaban J connectivity index is 2.24. The molecule has 0 saturated heterocycles. The Bertz CT molecular complexity index is 548. The lowest BCUT2D eigenvalue weighted by atomic mass is 10.1. The summed E-state index contributed by atoms with van der Waals surface area (Å²) in [7, 11) is 0. The van der Waals surface area contributed by atoms with Gasteiger partial charge in [-0.2, -0.15) is 0 Å². The average molecular weight is 280 g/mol. The minimum absolute atomic E-state index is 0.138. The number of rotatable bonds is 2. The molecule has 1 aromatic heterocycles. The Labute approximate surface area is 101 Å². The number of H-pyrrole nitrogens is 1. The van der Waals surface area contributed by atoms with Gasteiger partial charge in [0.2, 0.25) is 0 Å². The molecular formula is C11H10BrN3O. The number of benzene rings is 1. The van der Waals surface area contributed by atoms with Crippen molar-refractivity contribution in [2.24, 2.45) is 0 Å². The second-order valence-electron chi connectivity index (χ2n) is 3.42. The largest absolute Gasteiger partial charge is 0.393 e. The molecular weight excluding hydrogens is 270 g/mol. The van der Waals surface area contributed by atoms with Crippen molar-refractivity contribution in [3.8, 4) is 0 Å². The number of hydrogen-bond acceptors (Lipinski definition) is 3. The molecule has 0 aliphatic rings. The number of nitrogens with zero attached hydrogens (tertiary/aromatic N) is 1. The van der Waals surface area contributed by atoms with Gasteiger partial charge in [0, 0.05) is 10.9 Å². The summed E-state index contributed by atoms with van der Waals surface area (Å²) in [6.07, 6.45) is 1.97. The van der Waals surface area contributed by atoms with Gasteiger partial charge >= 0.3 is 0 Å². The van der Waals surface area contributed by atoms with Gasteiger partial charge in [-0.1, -0.05) is 28.1 Å². The van der Waals surface area contributed by atoms with Crippen LogP contribution >= 0.6 is 15.9 Å². The maximum absolute atomic E-state index is 11.3. The fourth-order valence-electron chi connectivity index (χ4n) is 1.33. The molecule has 0 unspecified atom stereocenters. The van der Waals surface area contributed by atoms with Crippen LogP contribution < -0.4 is 11.3 Å². The van der Waals surface area contributed by atoms with Crippen LogP contribution in [0.1, 0.15) is 11.4 Å². The maximum atomic E-state index is 11.3. The predicted octanol–water partition coefficient (Wildman–Crippen LogP) is 1.71. The SMILES string of the molecule is Nc1cnc(Cc2ccc(Br)cc2)[nH]c1=O. The van der Waals surface area contributed by atoms with Gasteiger partial charge in [-0.3, -0.25) is 4.79 Å². The zero-order valence-corrected chi connectivity index (χ0v) is 9.99. The molecule has 82 valence electrons. The smallest absolute Gasteiger partial charge is 0.274 e. The molecule has 0 atom stereocenters. The number of anilines is 1. The Morgan fingerprint density at radius 1 is 1.31 bits per heavy atom. The summed E-state index contributed by atoms with van der Waals surface area (Å²) in [5.41, 5.74) is 6.32. The lowest BCUT2D eigenvalue weighted by Gasteiger charge is -2.01. The van der Waals surface area contributed by atoms with Gasteiger partial charge in [-0.25, -0.2) is 4.98 Å². The third-order valence-electron chi connectivity index (χ3n) is 2.16. The van der Waals surface area contributed by atoms with Crippen LogP contribution in [0.5, 0.6) is 0 Å². The van der Waals surface area contributed by atoms with E-state index in [1.54, 1.807) is 0 Å². The molecule has 2 aromatic rings. The van der Waals surface area contributed by atoms with Crippen molar-refractivity contribution < 1.29 is 0 Å². The number of nitrogen functional groups attached to an aromatic ring is 1. The predicted molar refractivity (Wildman–Crippen MR) is 66.2 cm³/mol. The summed E-state index contributed by atoms with van der Waals surface area (Å²) >= 11 is 3.36. The van der Waals surface area contributed by atoms with Gasteiger partial charge < -0.3 is 10.7 Å². The summed E-state index contributed by atoms with van der Waals surface area (Å²) in [6.45, 7) is 0. The third-order valence-corrected chi connectivity index (χ3v) is 2.69. The van der Waals surface area contributed by atoms with Crippen LogP contribution in [-0.2, 0) is 6.42 Å². The van der Waals surface area contributed by atoms with E-state index in [9.17, 15) is 4.79 Å². The van der Waals surface area contributed by atoms with Crippen LogP contribution in [0.15, 0.2) is 39.7 Å². The Morgan fingerprint density at radius 2 is 2.00 bits per heavy atom. The molecule has 0 fully saturated rings. The maximum Gasteiger partial charge on any atom is 0.274 e. The van der Waals surface area contributed by atoms with Gasteiger partial charge in [0.1, 0.15) is 11.5 Å². The highest BCUT2D eigenvalue weighted by Crippen LogP contribution is 2.12. The standard InChI is InChI=1S/C11H10BrN3O/c12-8-3-1-7(2-4-8)5-10-14-6-9(13)11(16)15-10/h1-4,6H,5,13H2,(H,14,15,16). The summed E-state index contributed by atoms with van der Waals surface area (Å²) in [6, 6.07) is 7.84. The van der Waals surface area contributed by atoms with Crippen LogP contribution in [0.2, 0.25) is 0 Å². The van der Waals surface area contributed by atoms with Crippen molar-refractivity contribution in [1.82, 2.24) is 9.97 Å². The lowest BCUT2D eigenvalue weighted by Crippen LogP contribution is -2.15. The third kappa shape index (κ3) is 2.49. The Kier molecular flexibility index (Phi) is 3.05. The summed E-state index contributed by atoms with van der Waals surface area (Å²) in [4.78, 5) is 18.0. The van der Waals surface area contributed by atoms with Crippen molar-refractivity contribution >= 4 is 21.6 Å².